The number of aromatic nitrogens is 2. The minimum Gasteiger partial charge on any atom is -0.357 e. The van der Waals surface area contributed by atoms with Crippen molar-refractivity contribution in [2.75, 3.05) is 13.1 Å². The maximum Gasteiger partial charge on any atom is 0.239 e. The van der Waals surface area contributed by atoms with Gasteiger partial charge >= 0.3 is 0 Å². The van der Waals surface area contributed by atoms with Gasteiger partial charge in [0.05, 0.1) is 25.8 Å². The predicted molar refractivity (Wildman–Crippen MR) is 108 cm³/mol. The highest BCUT2D eigenvalue weighted by Gasteiger charge is 2.13. The molecule has 1 amide bonds. The monoisotopic (exact) mass is 370 g/mol. The Bertz CT molecular complexity index is 745. The molecule has 3 N–H and O–H groups in total. The van der Waals surface area contributed by atoms with Gasteiger partial charge in [-0.15, -0.1) is 0 Å². The van der Waals surface area contributed by atoms with Gasteiger partial charge in [-0.1, -0.05) is 30.3 Å². The normalized spacial score (nSPS) is 11.9. The topological polar surface area (TPSA) is 83.3 Å². The summed E-state index contributed by atoms with van der Waals surface area (Å²) in [5.74, 6) is 0.543. The van der Waals surface area contributed by atoms with Crippen molar-refractivity contribution >= 4 is 11.9 Å². The van der Waals surface area contributed by atoms with Crippen LogP contribution in [0.15, 0.2) is 47.7 Å². The van der Waals surface area contributed by atoms with Gasteiger partial charge in [0.15, 0.2) is 5.96 Å². The summed E-state index contributed by atoms with van der Waals surface area (Å²) in [6, 6.07) is 10.2. The van der Waals surface area contributed by atoms with E-state index in [2.05, 4.69) is 38.2 Å². The zero-order chi connectivity index (χ0) is 19.7. The maximum atomic E-state index is 11.9. The van der Waals surface area contributed by atoms with E-state index in [4.69, 9.17) is 0 Å². The molecule has 0 atom stereocenters. The zero-order valence-corrected chi connectivity index (χ0v) is 16.6. The molecule has 0 bridgehead atoms. The van der Waals surface area contributed by atoms with Gasteiger partial charge in [-0.25, -0.2) is 4.99 Å². The minimum absolute atomic E-state index is 0.0659. The second kappa shape index (κ2) is 9.75. The van der Waals surface area contributed by atoms with Crippen LogP contribution in [-0.4, -0.2) is 40.3 Å². The first-order chi connectivity index (χ1) is 12.9. The first-order valence-corrected chi connectivity index (χ1v) is 9.24. The van der Waals surface area contributed by atoms with Crippen molar-refractivity contribution in [1.29, 1.82) is 0 Å². The molecule has 2 aromatic rings. The highest BCUT2D eigenvalue weighted by molar-refractivity contribution is 5.86. The van der Waals surface area contributed by atoms with Crippen LogP contribution in [0.5, 0.6) is 0 Å². The molecule has 0 radical (unpaired) electrons. The number of benzene rings is 1. The Morgan fingerprint density at radius 1 is 1.15 bits per heavy atom. The number of nitrogens with zero attached hydrogens (tertiary/aromatic N) is 3. The summed E-state index contributed by atoms with van der Waals surface area (Å²) in [6.07, 6.45) is 3.81. The number of rotatable bonds is 7. The quantitative estimate of drug-likeness (QED) is 0.513. The van der Waals surface area contributed by atoms with Crippen molar-refractivity contribution in [3.8, 4) is 0 Å². The fourth-order valence-corrected chi connectivity index (χ4v) is 2.48. The molecule has 1 heterocycles. The molecule has 1 aromatic heterocycles. The molecule has 0 aliphatic carbocycles. The lowest BCUT2D eigenvalue weighted by Gasteiger charge is -2.21. The van der Waals surface area contributed by atoms with Gasteiger partial charge in [0.1, 0.15) is 0 Å². The molecule has 7 heteroatoms. The van der Waals surface area contributed by atoms with Gasteiger partial charge in [-0.05, 0) is 33.3 Å². The molecule has 0 unspecified atom stereocenters. The molecule has 0 aliphatic heterocycles. The third-order valence-electron chi connectivity index (χ3n) is 3.57. The molecular formula is C20H30N6O. The van der Waals surface area contributed by atoms with Gasteiger partial charge in [0.25, 0.3) is 0 Å². The SMILES string of the molecule is CCNC(=NCc1cnn(Cc2ccccc2)c1)NCC(=O)NC(C)(C)C. The fourth-order valence-electron chi connectivity index (χ4n) is 2.48. The van der Waals surface area contributed by atoms with E-state index in [9.17, 15) is 4.79 Å². The highest BCUT2D eigenvalue weighted by Crippen LogP contribution is 2.05. The average molecular weight is 371 g/mol. The number of amides is 1. The van der Waals surface area contributed by atoms with Gasteiger partial charge in [0, 0.05) is 23.8 Å². The molecule has 0 fully saturated rings. The number of carbonyl (C=O) groups is 1. The number of carbonyl (C=O) groups excluding carboxylic acids is 1. The largest absolute Gasteiger partial charge is 0.357 e. The number of guanidine groups is 1. The number of aliphatic imine (C=N–C) groups is 1. The van der Waals surface area contributed by atoms with Crippen LogP contribution < -0.4 is 16.0 Å². The van der Waals surface area contributed by atoms with Crippen LogP contribution in [0.4, 0.5) is 0 Å². The summed E-state index contributed by atoms with van der Waals surface area (Å²) >= 11 is 0. The van der Waals surface area contributed by atoms with E-state index in [1.54, 1.807) is 0 Å². The predicted octanol–water partition coefficient (Wildman–Crippen LogP) is 1.90. The van der Waals surface area contributed by atoms with E-state index < -0.39 is 0 Å². The molecule has 27 heavy (non-hydrogen) atoms. The Labute approximate surface area is 161 Å². The summed E-state index contributed by atoms with van der Waals surface area (Å²) in [4.78, 5) is 16.5. The second-order valence-corrected chi connectivity index (χ2v) is 7.38. The van der Waals surface area contributed by atoms with Crippen LogP contribution in [0.2, 0.25) is 0 Å². The summed E-state index contributed by atoms with van der Waals surface area (Å²) in [5.41, 5.74) is 1.97. The van der Waals surface area contributed by atoms with E-state index in [1.807, 2.05) is 63.0 Å². The Morgan fingerprint density at radius 3 is 2.56 bits per heavy atom. The van der Waals surface area contributed by atoms with Gasteiger partial charge in [0.2, 0.25) is 5.91 Å². The van der Waals surface area contributed by atoms with Gasteiger partial charge < -0.3 is 16.0 Å². The third-order valence-corrected chi connectivity index (χ3v) is 3.57. The second-order valence-electron chi connectivity index (χ2n) is 7.38. The van der Waals surface area contributed by atoms with Crippen LogP contribution in [0.3, 0.4) is 0 Å². The molecule has 0 aliphatic rings. The fraction of sp³-hybridized carbons (Fsp3) is 0.450. The van der Waals surface area contributed by atoms with Crippen molar-refractivity contribution in [2.45, 2.75) is 46.3 Å². The summed E-state index contributed by atoms with van der Waals surface area (Å²) in [6.45, 7) is 9.98. The van der Waals surface area contributed by atoms with Gasteiger partial charge in [-0.3, -0.25) is 9.48 Å². The average Bonchev–Trinajstić information content (AvgIpc) is 3.04. The molecule has 2 rings (SSSR count). The Kier molecular flexibility index (Phi) is 7.40. The Hall–Kier alpha value is -2.83. The summed E-state index contributed by atoms with van der Waals surface area (Å²) in [7, 11) is 0. The van der Waals surface area contributed by atoms with Crippen LogP contribution in [-0.2, 0) is 17.9 Å². The molecule has 0 saturated carbocycles. The molecule has 1 aromatic carbocycles. The standard InChI is InChI=1S/C20H30N6O/c1-5-21-19(23-13-18(27)25-20(2,3)4)22-11-17-12-24-26(15-17)14-16-9-7-6-8-10-16/h6-10,12,15H,5,11,13-14H2,1-4H3,(H,25,27)(H2,21,22,23). The lowest BCUT2D eigenvalue weighted by molar-refractivity contribution is -0.121. The zero-order valence-electron chi connectivity index (χ0n) is 16.6. The summed E-state index contributed by atoms with van der Waals surface area (Å²) < 4.78 is 1.90. The van der Waals surface area contributed by atoms with E-state index >= 15 is 0 Å². The molecule has 146 valence electrons. The minimum atomic E-state index is -0.248. The van der Waals surface area contributed by atoms with Crippen LogP contribution in [0.1, 0.15) is 38.8 Å². The molecule has 0 spiro atoms. The number of hydrogen-bond donors (Lipinski definition) is 3. The maximum absolute atomic E-state index is 11.9. The Balaban J connectivity index is 1.89. The van der Waals surface area contributed by atoms with Crippen molar-refractivity contribution in [1.82, 2.24) is 25.7 Å². The highest BCUT2D eigenvalue weighted by atomic mass is 16.2. The molecule has 7 nitrogen and oxygen atoms in total. The van der Waals surface area contributed by atoms with Crippen molar-refractivity contribution in [3.63, 3.8) is 0 Å². The number of hydrogen-bond acceptors (Lipinski definition) is 3. The lowest BCUT2D eigenvalue weighted by atomic mass is 10.1. The molecular weight excluding hydrogens is 340 g/mol. The van der Waals surface area contributed by atoms with E-state index in [0.29, 0.717) is 12.5 Å². The van der Waals surface area contributed by atoms with Crippen LogP contribution in [0, 0.1) is 0 Å². The van der Waals surface area contributed by atoms with Crippen LogP contribution >= 0.6 is 0 Å². The van der Waals surface area contributed by atoms with E-state index in [1.165, 1.54) is 5.56 Å². The van der Waals surface area contributed by atoms with Crippen molar-refractivity contribution < 1.29 is 4.79 Å². The van der Waals surface area contributed by atoms with Crippen molar-refractivity contribution in [2.24, 2.45) is 4.99 Å². The molecule has 0 saturated heterocycles. The lowest BCUT2D eigenvalue weighted by Crippen LogP contribution is -2.48. The first-order valence-electron chi connectivity index (χ1n) is 9.24. The third kappa shape index (κ3) is 7.94. The Morgan fingerprint density at radius 2 is 1.89 bits per heavy atom. The van der Waals surface area contributed by atoms with Crippen LogP contribution in [0.25, 0.3) is 0 Å². The van der Waals surface area contributed by atoms with Crippen molar-refractivity contribution in [3.05, 3.63) is 53.9 Å². The van der Waals surface area contributed by atoms with E-state index in [-0.39, 0.29) is 18.0 Å². The number of nitrogens with one attached hydrogen (secondary N) is 3. The summed E-state index contributed by atoms with van der Waals surface area (Å²) in [5, 5.41) is 13.5. The van der Waals surface area contributed by atoms with E-state index in [0.717, 1.165) is 18.7 Å². The van der Waals surface area contributed by atoms with Gasteiger partial charge in [-0.2, -0.15) is 5.10 Å². The first kappa shape index (κ1) is 20.5. The smallest absolute Gasteiger partial charge is 0.239 e.